The van der Waals surface area contributed by atoms with Gasteiger partial charge < -0.3 is 4.90 Å². The minimum atomic E-state index is -0.351. The number of aromatic amines is 1. The van der Waals surface area contributed by atoms with Gasteiger partial charge in [0, 0.05) is 19.5 Å². The van der Waals surface area contributed by atoms with Crippen molar-refractivity contribution < 1.29 is 4.79 Å². The molecule has 0 spiro atoms. The molecule has 1 amide bonds. The normalized spacial score (nSPS) is 10.6. The van der Waals surface area contributed by atoms with Crippen molar-refractivity contribution in [2.75, 3.05) is 6.54 Å². The van der Waals surface area contributed by atoms with Crippen LogP contribution in [0.5, 0.6) is 0 Å². The van der Waals surface area contributed by atoms with E-state index in [0.29, 0.717) is 29.4 Å². The molecular weight excluding hydrogens is 368 g/mol. The summed E-state index contributed by atoms with van der Waals surface area (Å²) in [4.78, 5) is 39.3. The molecular formula is C22H22N4O3. The number of benzene rings is 2. The van der Waals surface area contributed by atoms with Crippen molar-refractivity contribution >= 4 is 16.7 Å². The lowest BCUT2D eigenvalue weighted by atomic mass is 10.1. The Kier molecular flexibility index (Phi) is 6.25. The Morgan fingerprint density at radius 1 is 1.10 bits per heavy atom. The van der Waals surface area contributed by atoms with Crippen LogP contribution in [-0.4, -0.2) is 27.1 Å². The zero-order chi connectivity index (χ0) is 20.8. The zero-order valence-electron chi connectivity index (χ0n) is 16.2. The van der Waals surface area contributed by atoms with E-state index in [0.717, 1.165) is 12.0 Å². The molecule has 2 aromatic carbocycles. The molecule has 0 fully saturated rings. The van der Waals surface area contributed by atoms with Gasteiger partial charge in [-0.2, -0.15) is 5.26 Å². The minimum absolute atomic E-state index is 0.0999. The number of nitriles is 1. The van der Waals surface area contributed by atoms with Crippen LogP contribution in [0.15, 0.2) is 58.1 Å². The lowest BCUT2D eigenvalue weighted by molar-refractivity contribution is -0.132. The summed E-state index contributed by atoms with van der Waals surface area (Å²) < 4.78 is 1.20. The molecule has 0 atom stereocenters. The standard InChI is InChI=1S/C22H22N4O3/c1-2-12-25(15-17-9-7-16(14-23)8-10-17)20(27)11-13-26-22(29)19-6-4-3-5-18(19)21(28)24-26/h3-10H,2,11-13,15H2,1H3,(H,24,28). The number of aromatic nitrogens is 2. The van der Waals surface area contributed by atoms with E-state index in [9.17, 15) is 14.4 Å². The summed E-state index contributed by atoms with van der Waals surface area (Å²) in [6, 6.07) is 15.8. The van der Waals surface area contributed by atoms with Crippen LogP contribution in [0.4, 0.5) is 0 Å². The first-order valence-electron chi connectivity index (χ1n) is 9.52. The Balaban J connectivity index is 1.74. The largest absolute Gasteiger partial charge is 0.338 e. The lowest BCUT2D eigenvalue weighted by Gasteiger charge is -2.22. The lowest BCUT2D eigenvalue weighted by Crippen LogP contribution is -2.35. The number of hydrogen-bond donors (Lipinski definition) is 1. The smallest absolute Gasteiger partial charge is 0.273 e. The van der Waals surface area contributed by atoms with Gasteiger partial charge in [0.05, 0.1) is 28.9 Å². The molecule has 0 aliphatic heterocycles. The van der Waals surface area contributed by atoms with E-state index < -0.39 is 0 Å². The number of aryl methyl sites for hydroxylation is 1. The van der Waals surface area contributed by atoms with E-state index in [-0.39, 0.29) is 30.0 Å². The number of fused-ring (bicyclic) bond motifs is 1. The molecule has 0 radical (unpaired) electrons. The molecule has 7 heteroatoms. The number of carbonyl (C=O) groups is 1. The summed E-state index contributed by atoms with van der Waals surface area (Å²) in [6.45, 7) is 3.11. The Bertz CT molecular complexity index is 1170. The van der Waals surface area contributed by atoms with Crippen LogP contribution in [-0.2, 0) is 17.9 Å². The summed E-state index contributed by atoms with van der Waals surface area (Å²) >= 11 is 0. The van der Waals surface area contributed by atoms with Crippen molar-refractivity contribution in [1.29, 1.82) is 5.26 Å². The van der Waals surface area contributed by atoms with Gasteiger partial charge in [-0.25, -0.2) is 4.68 Å². The van der Waals surface area contributed by atoms with Crippen molar-refractivity contribution in [1.82, 2.24) is 14.7 Å². The van der Waals surface area contributed by atoms with Gasteiger partial charge in [-0.3, -0.25) is 19.5 Å². The number of H-pyrrole nitrogens is 1. The Labute approximate surface area is 167 Å². The molecule has 1 aromatic heterocycles. The average Bonchev–Trinajstić information content (AvgIpc) is 2.75. The zero-order valence-corrected chi connectivity index (χ0v) is 16.2. The molecule has 0 aliphatic rings. The number of nitrogens with one attached hydrogen (secondary N) is 1. The number of rotatable bonds is 7. The van der Waals surface area contributed by atoms with Crippen LogP contribution in [0, 0.1) is 11.3 Å². The Hall–Kier alpha value is -3.66. The quantitative estimate of drug-likeness (QED) is 0.669. The monoisotopic (exact) mass is 390 g/mol. The fourth-order valence-corrected chi connectivity index (χ4v) is 3.24. The molecule has 1 heterocycles. The highest BCUT2D eigenvalue weighted by atomic mass is 16.2. The van der Waals surface area contributed by atoms with Gasteiger partial charge >= 0.3 is 0 Å². The molecule has 0 bridgehead atoms. The molecule has 0 saturated carbocycles. The van der Waals surface area contributed by atoms with Crippen LogP contribution >= 0.6 is 0 Å². The Morgan fingerprint density at radius 2 is 1.79 bits per heavy atom. The van der Waals surface area contributed by atoms with E-state index in [1.807, 2.05) is 19.1 Å². The highest BCUT2D eigenvalue weighted by molar-refractivity contribution is 5.80. The van der Waals surface area contributed by atoms with Crippen molar-refractivity contribution in [3.05, 3.63) is 80.4 Å². The maximum atomic E-state index is 12.8. The third-order valence-electron chi connectivity index (χ3n) is 4.74. The molecule has 3 rings (SSSR count). The van der Waals surface area contributed by atoms with Gasteiger partial charge in [0.2, 0.25) is 5.91 Å². The molecule has 29 heavy (non-hydrogen) atoms. The predicted octanol–water partition coefficient (Wildman–Crippen LogP) is 2.39. The maximum absolute atomic E-state index is 12.8. The van der Waals surface area contributed by atoms with Gasteiger partial charge in [0.1, 0.15) is 0 Å². The first-order valence-corrected chi connectivity index (χ1v) is 9.52. The Morgan fingerprint density at radius 3 is 2.45 bits per heavy atom. The summed E-state index contributed by atoms with van der Waals surface area (Å²) in [7, 11) is 0. The van der Waals surface area contributed by atoms with Crippen molar-refractivity contribution in [2.24, 2.45) is 0 Å². The first-order chi connectivity index (χ1) is 14.0. The van der Waals surface area contributed by atoms with Gasteiger partial charge in [0.25, 0.3) is 11.1 Å². The molecule has 1 N–H and O–H groups in total. The summed E-state index contributed by atoms with van der Waals surface area (Å²) in [5.41, 5.74) is 0.835. The van der Waals surface area contributed by atoms with E-state index >= 15 is 0 Å². The van der Waals surface area contributed by atoms with E-state index in [1.165, 1.54) is 4.68 Å². The van der Waals surface area contributed by atoms with Crippen LogP contribution in [0.3, 0.4) is 0 Å². The van der Waals surface area contributed by atoms with Gasteiger partial charge in [0.15, 0.2) is 0 Å². The molecule has 0 unspecified atom stereocenters. The fraction of sp³-hybridized carbons (Fsp3) is 0.273. The second-order valence-electron chi connectivity index (χ2n) is 6.82. The number of nitrogens with zero attached hydrogens (tertiary/aromatic N) is 3. The number of hydrogen-bond acceptors (Lipinski definition) is 4. The van der Waals surface area contributed by atoms with Gasteiger partial charge in [-0.15, -0.1) is 0 Å². The first kappa shape index (κ1) is 20.1. The van der Waals surface area contributed by atoms with Crippen LogP contribution in [0.25, 0.3) is 10.8 Å². The molecule has 148 valence electrons. The summed E-state index contributed by atoms with van der Waals surface area (Å²) in [6.07, 6.45) is 0.902. The highest BCUT2D eigenvalue weighted by Gasteiger charge is 2.15. The second kappa shape index (κ2) is 9.02. The minimum Gasteiger partial charge on any atom is -0.338 e. The topological polar surface area (TPSA) is 99.0 Å². The molecule has 3 aromatic rings. The SMILES string of the molecule is CCCN(Cc1ccc(C#N)cc1)C(=O)CCn1[nH]c(=O)c2ccccc2c1=O. The van der Waals surface area contributed by atoms with Gasteiger partial charge in [-0.05, 0) is 36.2 Å². The van der Waals surface area contributed by atoms with Crippen LogP contribution in [0.1, 0.15) is 30.9 Å². The van der Waals surface area contributed by atoms with Crippen molar-refractivity contribution in [3.63, 3.8) is 0 Å². The van der Waals surface area contributed by atoms with Crippen LogP contribution < -0.4 is 11.1 Å². The second-order valence-corrected chi connectivity index (χ2v) is 6.82. The molecule has 0 aliphatic carbocycles. The average molecular weight is 390 g/mol. The van der Waals surface area contributed by atoms with Crippen LogP contribution in [0.2, 0.25) is 0 Å². The van der Waals surface area contributed by atoms with Crippen molar-refractivity contribution in [2.45, 2.75) is 32.9 Å². The van der Waals surface area contributed by atoms with Crippen molar-refractivity contribution in [3.8, 4) is 6.07 Å². The highest BCUT2D eigenvalue weighted by Crippen LogP contribution is 2.10. The number of amides is 1. The molecule has 7 nitrogen and oxygen atoms in total. The predicted molar refractivity (Wildman–Crippen MR) is 110 cm³/mol. The summed E-state index contributed by atoms with van der Waals surface area (Å²) in [5.74, 6) is -0.0999. The maximum Gasteiger partial charge on any atom is 0.273 e. The third kappa shape index (κ3) is 4.61. The van der Waals surface area contributed by atoms with E-state index in [4.69, 9.17) is 5.26 Å². The molecule has 0 saturated heterocycles. The third-order valence-corrected chi connectivity index (χ3v) is 4.74. The van der Waals surface area contributed by atoms with Gasteiger partial charge in [-0.1, -0.05) is 31.2 Å². The number of carbonyl (C=O) groups excluding carboxylic acids is 1. The fourth-order valence-electron chi connectivity index (χ4n) is 3.24. The summed E-state index contributed by atoms with van der Waals surface area (Å²) in [5, 5.41) is 12.1. The van der Waals surface area contributed by atoms with E-state index in [2.05, 4.69) is 11.2 Å². The van der Waals surface area contributed by atoms with E-state index in [1.54, 1.807) is 41.3 Å².